The molecule has 5 N–H and O–H groups in total. The minimum absolute atomic E-state index is 0.0832. The molecule has 3 amide bonds. The van der Waals surface area contributed by atoms with Gasteiger partial charge in [0.25, 0.3) is 0 Å². The second-order valence-corrected chi connectivity index (χ2v) is 3.06. The number of terminal acetylenes is 1. The number of hydrogen-bond donors (Lipinski definition) is 3. The standard InChI is InChI=1S/C9H14N4O3/c1-2-3-12-9(16)6-13(4-7(10)14)5-8(11)15/h1H,3-6H2,(H2,10,14)(H2,11,15)(H,12,16). The average molecular weight is 226 g/mol. The first kappa shape index (κ1) is 13.9. The Bertz CT molecular complexity index is 305. The van der Waals surface area contributed by atoms with Crippen molar-refractivity contribution < 1.29 is 14.4 Å². The van der Waals surface area contributed by atoms with Crippen molar-refractivity contribution in [2.24, 2.45) is 11.5 Å². The van der Waals surface area contributed by atoms with E-state index in [1.807, 2.05) is 0 Å². The van der Waals surface area contributed by atoms with Gasteiger partial charge >= 0.3 is 0 Å². The zero-order chi connectivity index (χ0) is 12.6. The minimum Gasteiger partial charge on any atom is -0.369 e. The molecule has 0 aliphatic carbocycles. The van der Waals surface area contributed by atoms with Crippen LogP contribution in [0, 0.1) is 12.3 Å². The van der Waals surface area contributed by atoms with E-state index in [1.165, 1.54) is 4.90 Å². The zero-order valence-electron chi connectivity index (χ0n) is 8.73. The van der Waals surface area contributed by atoms with E-state index in [4.69, 9.17) is 17.9 Å². The Kier molecular flexibility index (Phi) is 6.31. The van der Waals surface area contributed by atoms with Crippen molar-refractivity contribution in [3.63, 3.8) is 0 Å². The molecule has 16 heavy (non-hydrogen) atoms. The van der Waals surface area contributed by atoms with Crippen molar-refractivity contribution in [3.8, 4) is 12.3 Å². The summed E-state index contributed by atoms with van der Waals surface area (Å²) in [6, 6.07) is 0. The maximum absolute atomic E-state index is 11.2. The van der Waals surface area contributed by atoms with Crippen LogP contribution in [-0.2, 0) is 14.4 Å². The zero-order valence-corrected chi connectivity index (χ0v) is 8.73. The number of rotatable bonds is 7. The van der Waals surface area contributed by atoms with Crippen LogP contribution in [-0.4, -0.2) is 48.8 Å². The quantitative estimate of drug-likeness (QED) is 0.401. The number of primary amides is 2. The highest BCUT2D eigenvalue weighted by Gasteiger charge is 2.14. The molecule has 0 rings (SSSR count). The molecule has 0 atom stereocenters. The van der Waals surface area contributed by atoms with E-state index in [0.717, 1.165) is 0 Å². The molecular formula is C9H14N4O3. The highest BCUT2D eigenvalue weighted by Crippen LogP contribution is 1.86. The fourth-order valence-electron chi connectivity index (χ4n) is 1.02. The van der Waals surface area contributed by atoms with Gasteiger partial charge in [-0.2, -0.15) is 0 Å². The summed E-state index contributed by atoms with van der Waals surface area (Å²) in [7, 11) is 0. The fraction of sp³-hybridized carbons (Fsp3) is 0.444. The molecule has 88 valence electrons. The van der Waals surface area contributed by atoms with Gasteiger partial charge in [0.1, 0.15) is 0 Å². The molecule has 0 aliphatic heterocycles. The van der Waals surface area contributed by atoms with E-state index in [-0.39, 0.29) is 26.2 Å². The maximum atomic E-state index is 11.2. The number of carbonyl (C=O) groups excluding carboxylic acids is 3. The van der Waals surface area contributed by atoms with Gasteiger partial charge < -0.3 is 16.8 Å². The summed E-state index contributed by atoms with van der Waals surface area (Å²) in [6.45, 7) is -0.508. The van der Waals surface area contributed by atoms with Crippen LogP contribution in [0.15, 0.2) is 0 Å². The van der Waals surface area contributed by atoms with E-state index < -0.39 is 17.7 Å². The Morgan fingerprint density at radius 2 is 1.62 bits per heavy atom. The van der Waals surface area contributed by atoms with Crippen molar-refractivity contribution >= 4 is 17.7 Å². The van der Waals surface area contributed by atoms with Gasteiger partial charge in [0.05, 0.1) is 26.2 Å². The first-order valence-electron chi connectivity index (χ1n) is 4.44. The van der Waals surface area contributed by atoms with Gasteiger partial charge in [0, 0.05) is 0 Å². The molecule has 0 aromatic rings. The Balaban J connectivity index is 4.19. The van der Waals surface area contributed by atoms with Crippen molar-refractivity contribution in [3.05, 3.63) is 0 Å². The predicted octanol–water partition coefficient (Wildman–Crippen LogP) is -2.99. The number of nitrogens with one attached hydrogen (secondary N) is 1. The van der Waals surface area contributed by atoms with Gasteiger partial charge in [0.15, 0.2) is 0 Å². The summed E-state index contributed by atoms with van der Waals surface area (Å²) < 4.78 is 0. The molecule has 0 bridgehead atoms. The second-order valence-electron chi connectivity index (χ2n) is 3.06. The summed E-state index contributed by atoms with van der Waals surface area (Å²) >= 11 is 0. The van der Waals surface area contributed by atoms with Gasteiger partial charge in [-0.3, -0.25) is 19.3 Å². The Morgan fingerprint density at radius 3 is 2.00 bits per heavy atom. The molecule has 0 aliphatic rings. The molecule has 0 radical (unpaired) electrons. The van der Waals surface area contributed by atoms with Crippen LogP contribution in [0.4, 0.5) is 0 Å². The lowest BCUT2D eigenvalue weighted by molar-refractivity contribution is -0.125. The van der Waals surface area contributed by atoms with Crippen LogP contribution < -0.4 is 16.8 Å². The summed E-state index contributed by atoms with van der Waals surface area (Å²) in [5.41, 5.74) is 9.90. The average Bonchev–Trinajstić information content (AvgIpc) is 2.12. The molecule has 7 nitrogen and oxygen atoms in total. The van der Waals surface area contributed by atoms with Crippen molar-refractivity contribution in [2.75, 3.05) is 26.2 Å². The highest BCUT2D eigenvalue weighted by atomic mass is 16.2. The number of nitrogens with two attached hydrogens (primary N) is 2. The van der Waals surface area contributed by atoms with Crippen LogP contribution in [0.5, 0.6) is 0 Å². The fourth-order valence-corrected chi connectivity index (χ4v) is 1.02. The van der Waals surface area contributed by atoms with E-state index in [1.54, 1.807) is 0 Å². The number of nitrogens with zero attached hydrogens (tertiary/aromatic N) is 1. The van der Waals surface area contributed by atoms with Gasteiger partial charge in [-0.1, -0.05) is 5.92 Å². The molecule has 7 heteroatoms. The first-order chi connectivity index (χ1) is 7.45. The van der Waals surface area contributed by atoms with E-state index >= 15 is 0 Å². The third-order valence-corrected chi connectivity index (χ3v) is 1.51. The minimum atomic E-state index is -0.647. The van der Waals surface area contributed by atoms with Crippen LogP contribution >= 0.6 is 0 Å². The van der Waals surface area contributed by atoms with Gasteiger partial charge in [-0.05, 0) is 0 Å². The van der Waals surface area contributed by atoms with Crippen LogP contribution in [0.2, 0.25) is 0 Å². The molecule has 0 spiro atoms. The lowest BCUT2D eigenvalue weighted by Crippen LogP contribution is -2.45. The van der Waals surface area contributed by atoms with Gasteiger partial charge in [-0.15, -0.1) is 6.42 Å². The third kappa shape index (κ3) is 7.34. The molecular weight excluding hydrogens is 212 g/mol. The highest BCUT2D eigenvalue weighted by molar-refractivity contribution is 5.82. The molecule has 0 fully saturated rings. The maximum Gasteiger partial charge on any atom is 0.234 e. The molecule has 0 heterocycles. The summed E-state index contributed by atoms with van der Waals surface area (Å²) in [6.07, 6.45) is 4.94. The van der Waals surface area contributed by atoms with Crippen molar-refractivity contribution in [1.29, 1.82) is 0 Å². The molecule has 0 aromatic carbocycles. The summed E-state index contributed by atoms with van der Waals surface area (Å²) in [4.78, 5) is 33.8. The van der Waals surface area contributed by atoms with Crippen LogP contribution in [0.25, 0.3) is 0 Å². The van der Waals surface area contributed by atoms with Crippen molar-refractivity contribution in [2.45, 2.75) is 0 Å². The SMILES string of the molecule is C#CCNC(=O)CN(CC(N)=O)CC(N)=O. The van der Waals surface area contributed by atoms with E-state index in [0.29, 0.717) is 0 Å². The lowest BCUT2D eigenvalue weighted by Gasteiger charge is -2.17. The second kappa shape index (κ2) is 7.25. The Labute approximate surface area is 93.1 Å². The van der Waals surface area contributed by atoms with Gasteiger partial charge in [-0.25, -0.2) is 0 Å². The monoisotopic (exact) mass is 226 g/mol. The predicted molar refractivity (Wildman–Crippen MR) is 56.7 cm³/mol. The van der Waals surface area contributed by atoms with E-state index in [2.05, 4.69) is 11.2 Å². The Hall–Kier alpha value is -2.07. The lowest BCUT2D eigenvalue weighted by atomic mass is 10.4. The van der Waals surface area contributed by atoms with Crippen LogP contribution in [0.1, 0.15) is 0 Å². The van der Waals surface area contributed by atoms with Gasteiger partial charge in [0.2, 0.25) is 17.7 Å². The summed E-state index contributed by atoms with van der Waals surface area (Å²) in [5, 5.41) is 2.39. The number of carbonyl (C=O) groups is 3. The smallest absolute Gasteiger partial charge is 0.234 e. The molecule has 0 aromatic heterocycles. The molecule has 0 saturated carbocycles. The number of hydrogen-bond acceptors (Lipinski definition) is 4. The Morgan fingerprint density at radius 1 is 1.12 bits per heavy atom. The first-order valence-corrected chi connectivity index (χ1v) is 4.44. The third-order valence-electron chi connectivity index (χ3n) is 1.51. The van der Waals surface area contributed by atoms with Crippen LogP contribution in [0.3, 0.4) is 0 Å². The van der Waals surface area contributed by atoms with Crippen molar-refractivity contribution in [1.82, 2.24) is 10.2 Å². The summed E-state index contributed by atoms with van der Waals surface area (Å²) in [5.74, 6) is 0.523. The number of amides is 3. The molecule has 0 saturated heterocycles. The largest absolute Gasteiger partial charge is 0.369 e. The normalized spacial score (nSPS) is 9.50. The molecule has 0 unspecified atom stereocenters. The topological polar surface area (TPSA) is 119 Å². The van der Waals surface area contributed by atoms with E-state index in [9.17, 15) is 14.4 Å².